The normalized spacial score (nSPS) is 18.3. The second kappa shape index (κ2) is 7.67. The number of nitrogens with zero attached hydrogens (tertiary/aromatic N) is 3. The van der Waals surface area contributed by atoms with Crippen molar-refractivity contribution in [1.82, 2.24) is 9.88 Å². The molecule has 6 rings (SSSR count). The van der Waals surface area contributed by atoms with Crippen LogP contribution in [0.2, 0.25) is 0 Å². The predicted molar refractivity (Wildman–Crippen MR) is 124 cm³/mol. The molecule has 7 nitrogen and oxygen atoms in total. The molecule has 3 amide bonds. The van der Waals surface area contributed by atoms with Crippen LogP contribution in [0.3, 0.4) is 0 Å². The van der Waals surface area contributed by atoms with E-state index in [2.05, 4.69) is 4.98 Å². The number of hydrogen-bond acceptors (Lipinski definition) is 6. The smallest absolute Gasteiger partial charge is 0.264 e. The zero-order valence-corrected chi connectivity index (χ0v) is 18.3. The number of amides is 3. The number of anilines is 1. The first kappa shape index (κ1) is 19.9. The van der Waals surface area contributed by atoms with Crippen molar-refractivity contribution in [2.75, 3.05) is 4.90 Å². The maximum Gasteiger partial charge on any atom is 0.264 e. The first-order chi connectivity index (χ1) is 16.1. The third kappa shape index (κ3) is 3.43. The van der Waals surface area contributed by atoms with E-state index >= 15 is 0 Å². The number of hydrogen-bond donors (Lipinski definition) is 0. The summed E-state index contributed by atoms with van der Waals surface area (Å²) in [5.74, 6) is -0.358. The van der Waals surface area contributed by atoms with Crippen LogP contribution < -0.4 is 4.90 Å². The average molecular weight is 458 g/mol. The van der Waals surface area contributed by atoms with Crippen molar-refractivity contribution < 1.29 is 18.8 Å². The molecule has 1 atom stereocenters. The van der Waals surface area contributed by atoms with Crippen LogP contribution in [-0.4, -0.2) is 39.7 Å². The van der Waals surface area contributed by atoms with E-state index in [1.165, 1.54) is 16.2 Å². The number of thiophene rings is 1. The fourth-order valence-corrected chi connectivity index (χ4v) is 4.96. The van der Waals surface area contributed by atoms with Crippen molar-refractivity contribution >= 4 is 45.8 Å². The molecule has 1 saturated heterocycles. The summed E-state index contributed by atoms with van der Waals surface area (Å²) in [5, 5.41) is 1.84. The largest absolute Gasteiger partial charge is 0.436 e. The second-order valence-corrected chi connectivity index (χ2v) is 9.19. The molecule has 1 aliphatic heterocycles. The highest BCUT2D eigenvalue weighted by atomic mass is 32.1. The zero-order chi connectivity index (χ0) is 22.5. The number of oxazole rings is 1. The molecule has 0 spiro atoms. The van der Waals surface area contributed by atoms with Gasteiger partial charge in [0.2, 0.25) is 11.8 Å². The van der Waals surface area contributed by atoms with Crippen molar-refractivity contribution in [2.45, 2.75) is 31.3 Å². The summed E-state index contributed by atoms with van der Waals surface area (Å²) >= 11 is 1.35. The Morgan fingerprint density at radius 1 is 1.03 bits per heavy atom. The van der Waals surface area contributed by atoms with Gasteiger partial charge in [-0.2, -0.15) is 0 Å². The Balaban J connectivity index is 1.27. The van der Waals surface area contributed by atoms with Crippen LogP contribution in [0, 0.1) is 0 Å². The number of para-hydroxylation sites is 2. The van der Waals surface area contributed by atoms with E-state index < -0.39 is 6.04 Å². The summed E-state index contributed by atoms with van der Waals surface area (Å²) in [4.78, 5) is 47.2. The number of rotatable bonds is 5. The van der Waals surface area contributed by atoms with Gasteiger partial charge < -0.3 is 9.32 Å². The lowest BCUT2D eigenvalue weighted by Crippen LogP contribution is -2.46. The molecule has 4 aromatic rings. The number of benzene rings is 2. The molecule has 33 heavy (non-hydrogen) atoms. The Labute approximate surface area is 193 Å². The van der Waals surface area contributed by atoms with Gasteiger partial charge in [0, 0.05) is 11.6 Å². The highest BCUT2D eigenvalue weighted by Gasteiger charge is 2.49. The van der Waals surface area contributed by atoms with Crippen LogP contribution in [0.5, 0.6) is 0 Å². The number of fused-ring (bicyclic) bond motifs is 1. The van der Waals surface area contributed by atoms with Crippen LogP contribution in [0.1, 0.15) is 28.9 Å². The van der Waals surface area contributed by atoms with E-state index in [0.29, 0.717) is 22.0 Å². The van der Waals surface area contributed by atoms with Gasteiger partial charge in [0.15, 0.2) is 5.58 Å². The van der Waals surface area contributed by atoms with Crippen molar-refractivity contribution in [1.29, 1.82) is 0 Å². The standard InChI is InChI=1S/C25H19N3O4S/c29-22-14-19(27(16-11-12-16)25(31)21-6-3-13-33-21)24(30)28(22)17-9-7-15(8-10-17)23-26-18-4-1-2-5-20(18)32-23/h1-10,13,16,19H,11-12,14H2. The molecule has 0 radical (unpaired) electrons. The third-order valence-corrected chi connectivity index (χ3v) is 6.89. The van der Waals surface area contributed by atoms with Crippen molar-refractivity contribution in [3.05, 3.63) is 70.9 Å². The van der Waals surface area contributed by atoms with E-state index in [9.17, 15) is 14.4 Å². The minimum atomic E-state index is -0.767. The third-order valence-electron chi connectivity index (χ3n) is 6.03. The molecule has 2 aliphatic rings. The topological polar surface area (TPSA) is 83.7 Å². The van der Waals surface area contributed by atoms with Crippen molar-refractivity contribution in [3.8, 4) is 11.5 Å². The first-order valence-electron chi connectivity index (χ1n) is 10.8. The molecule has 1 unspecified atom stereocenters. The minimum Gasteiger partial charge on any atom is -0.436 e. The zero-order valence-electron chi connectivity index (χ0n) is 17.5. The van der Waals surface area contributed by atoms with Gasteiger partial charge in [0.05, 0.1) is 17.0 Å². The summed E-state index contributed by atoms with van der Waals surface area (Å²) in [5.41, 5.74) is 2.68. The number of imide groups is 1. The molecule has 164 valence electrons. The molecule has 2 fully saturated rings. The fourth-order valence-electron chi connectivity index (χ4n) is 4.30. The maximum absolute atomic E-state index is 13.3. The molecule has 1 saturated carbocycles. The monoisotopic (exact) mass is 457 g/mol. The minimum absolute atomic E-state index is 0.000666. The first-order valence-corrected chi connectivity index (χ1v) is 11.7. The van der Waals surface area contributed by atoms with Crippen LogP contribution in [0.4, 0.5) is 5.69 Å². The lowest BCUT2D eigenvalue weighted by atomic mass is 10.2. The average Bonchev–Trinajstić information content (AvgIpc) is 3.23. The quantitative estimate of drug-likeness (QED) is 0.412. The van der Waals surface area contributed by atoms with Crippen molar-refractivity contribution in [2.24, 2.45) is 0 Å². The molecule has 0 N–H and O–H groups in total. The van der Waals surface area contributed by atoms with Gasteiger partial charge >= 0.3 is 0 Å². The molecular weight excluding hydrogens is 438 g/mol. The van der Waals surface area contributed by atoms with Crippen molar-refractivity contribution in [3.63, 3.8) is 0 Å². The maximum atomic E-state index is 13.3. The van der Waals surface area contributed by atoms with Gasteiger partial charge in [-0.05, 0) is 60.7 Å². The van der Waals surface area contributed by atoms with Crippen LogP contribution in [-0.2, 0) is 9.59 Å². The molecule has 2 aromatic carbocycles. The van der Waals surface area contributed by atoms with Gasteiger partial charge in [-0.25, -0.2) is 9.88 Å². The van der Waals surface area contributed by atoms with E-state index in [1.807, 2.05) is 35.7 Å². The lowest BCUT2D eigenvalue weighted by Gasteiger charge is -2.27. The Morgan fingerprint density at radius 2 is 1.82 bits per heavy atom. The molecular formula is C25H19N3O4S. The number of aromatic nitrogens is 1. The van der Waals surface area contributed by atoms with Gasteiger partial charge in [0.25, 0.3) is 11.8 Å². The summed E-state index contributed by atoms with van der Waals surface area (Å²) in [6.07, 6.45) is 1.71. The van der Waals surface area contributed by atoms with E-state index in [-0.39, 0.29) is 30.2 Å². The summed E-state index contributed by atoms with van der Waals surface area (Å²) < 4.78 is 5.80. The number of carbonyl (C=O) groups excluding carboxylic acids is 3. The Kier molecular flexibility index (Phi) is 4.62. The molecule has 3 heterocycles. The summed E-state index contributed by atoms with van der Waals surface area (Å²) in [6, 6.07) is 17.3. The Hall–Kier alpha value is -3.78. The van der Waals surface area contributed by atoms with Crippen LogP contribution in [0.25, 0.3) is 22.6 Å². The van der Waals surface area contributed by atoms with Gasteiger partial charge in [-0.15, -0.1) is 11.3 Å². The SMILES string of the molecule is O=C1CC(N(C(=O)c2cccs2)C2CC2)C(=O)N1c1ccc(-c2nc3ccccc3o2)cc1. The van der Waals surface area contributed by atoms with Gasteiger partial charge in [-0.3, -0.25) is 14.4 Å². The molecule has 0 bridgehead atoms. The summed E-state index contributed by atoms with van der Waals surface area (Å²) in [6.45, 7) is 0. The van der Waals surface area contributed by atoms with Gasteiger partial charge in [-0.1, -0.05) is 18.2 Å². The van der Waals surface area contributed by atoms with E-state index in [1.54, 1.807) is 35.2 Å². The highest BCUT2D eigenvalue weighted by molar-refractivity contribution is 7.12. The molecule has 1 aliphatic carbocycles. The van der Waals surface area contributed by atoms with E-state index in [0.717, 1.165) is 23.9 Å². The van der Waals surface area contributed by atoms with Crippen LogP contribution >= 0.6 is 11.3 Å². The van der Waals surface area contributed by atoms with Gasteiger partial charge in [0.1, 0.15) is 11.6 Å². The lowest BCUT2D eigenvalue weighted by molar-refractivity contribution is -0.122. The molecule has 8 heteroatoms. The number of carbonyl (C=O) groups is 3. The van der Waals surface area contributed by atoms with Crippen LogP contribution in [0.15, 0.2) is 70.5 Å². The summed E-state index contributed by atoms with van der Waals surface area (Å²) in [7, 11) is 0. The Morgan fingerprint density at radius 3 is 2.52 bits per heavy atom. The highest BCUT2D eigenvalue weighted by Crippen LogP contribution is 2.36. The second-order valence-electron chi connectivity index (χ2n) is 8.24. The molecule has 2 aromatic heterocycles. The van der Waals surface area contributed by atoms with E-state index in [4.69, 9.17) is 4.42 Å². The predicted octanol–water partition coefficient (Wildman–Crippen LogP) is 4.49. The Bertz CT molecular complexity index is 1340. The fraction of sp³-hybridized carbons (Fsp3) is 0.200.